The lowest BCUT2D eigenvalue weighted by molar-refractivity contribution is 0.102. The van der Waals surface area contributed by atoms with E-state index in [9.17, 15) is 4.79 Å². The fourth-order valence-electron chi connectivity index (χ4n) is 1.90. The molecule has 1 aromatic carbocycles. The number of nitrogens with zero attached hydrogens (tertiary/aromatic N) is 1. The molecule has 1 amide bonds. The van der Waals surface area contributed by atoms with Crippen molar-refractivity contribution in [2.75, 3.05) is 38.0 Å². The first-order valence-corrected chi connectivity index (χ1v) is 7.35. The molecular formula is C16H18ClN3O3. The highest BCUT2D eigenvalue weighted by Crippen LogP contribution is 2.27. The predicted molar refractivity (Wildman–Crippen MR) is 90.6 cm³/mol. The molecule has 2 rings (SSSR count). The Balaban J connectivity index is 2.05. The van der Waals surface area contributed by atoms with E-state index in [4.69, 9.17) is 21.1 Å². The first-order valence-electron chi connectivity index (χ1n) is 6.98. The molecule has 0 radical (unpaired) electrons. The number of nitrogens with one attached hydrogen (secondary N) is 2. The van der Waals surface area contributed by atoms with E-state index in [1.165, 1.54) is 7.11 Å². The van der Waals surface area contributed by atoms with Crippen LogP contribution in [0.3, 0.4) is 0 Å². The Morgan fingerprint density at radius 2 is 2.09 bits per heavy atom. The molecule has 0 atom stereocenters. The quantitative estimate of drug-likeness (QED) is 0.761. The highest BCUT2D eigenvalue weighted by Gasteiger charge is 2.09. The second kappa shape index (κ2) is 8.36. The Kier molecular flexibility index (Phi) is 6.19. The number of ether oxygens (including phenoxy) is 2. The number of hydrogen-bond donors (Lipinski definition) is 2. The average molecular weight is 336 g/mol. The van der Waals surface area contributed by atoms with Gasteiger partial charge in [0, 0.05) is 31.1 Å². The standard InChI is InChI=1S/C16H18ClN3O3/c1-22-8-7-19-15-9-11(5-6-18-15)16(21)20-12-3-4-14(23-2)13(17)10-12/h3-6,9-10H,7-8H2,1-2H3,(H,18,19)(H,20,21). The number of halogens is 1. The number of carbonyl (C=O) groups excluding carboxylic acids is 1. The van der Waals surface area contributed by atoms with Crippen LogP contribution in [0.4, 0.5) is 11.5 Å². The Morgan fingerprint density at radius 3 is 2.78 bits per heavy atom. The summed E-state index contributed by atoms with van der Waals surface area (Å²) in [6.45, 7) is 1.17. The van der Waals surface area contributed by atoms with Crippen LogP contribution in [-0.2, 0) is 4.74 Å². The molecule has 2 aromatic rings. The molecule has 0 aliphatic rings. The van der Waals surface area contributed by atoms with Gasteiger partial charge in [-0.15, -0.1) is 0 Å². The number of methoxy groups -OCH3 is 2. The van der Waals surface area contributed by atoms with Gasteiger partial charge >= 0.3 is 0 Å². The molecule has 0 fully saturated rings. The number of hydrogen-bond acceptors (Lipinski definition) is 5. The maximum absolute atomic E-state index is 12.3. The number of rotatable bonds is 7. The van der Waals surface area contributed by atoms with E-state index in [1.807, 2.05) is 0 Å². The largest absolute Gasteiger partial charge is 0.495 e. The molecule has 122 valence electrons. The normalized spacial score (nSPS) is 10.2. The van der Waals surface area contributed by atoms with Crippen LogP contribution in [0.5, 0.6) is 5.75 Å². The smallest absolute Gasteiger partial charge is 0.255 e. The van der Waals surface area contributed by atoms with Crippen molar-refractivity contribution in [3.63, 3.8) is 0 Å². The van der Waals surface area contributed by atoms with Gasteiger partial charge in [0.1, 0.15) is 11.6 Å². The molecular weight excluding hydrogens is 318 g/mol. The molecule has 0 aliphatic heterocycles. The summed E-state index contributed by atoms with van der Waals surface area (Å²) in [6.07, 6.45) is 1.57. The third-order valence-electron chi connectivity index (χ3n) is 3.04. The summed E-state index contributed by atoms with van der Waals surface area (Å²) in [4.78, 5) is 16.4. The van der Waals surface area contributed by atoms with Crippen LogP contribution < -0.4 is 15.4 Å². The lowest BCUT2D eigenvalue weighted by atomic mass is 10.2. The Labute approximate surface area is 139 Å². The summed E-state index contributed by atoms with van der Waals surface area (Å²) in [6, 6.07) is 8.37. The van der Waals surface area contributed by atoms with Crippen LogP contribution in [0, 0.1) is 0 Å². The van der Waals surface area contributed by atoms with Crippen molar-refractivity contribution in [2.45, 2.75) is 0 Å². The zero-order valence-electron chi connectivity index (χ0n) is 12.9. The predicted octanol–water partition coefficient (Wildman–Crippen LogP) is 3.05. The number of benzene rings is 1. The first kappa shape index (κ1) is 17.1. The van der Waals surface area contributed by atoms with Crippen molar-refractivity contribution in [1.82, 2.24) is 4.98 Å². The Bertz CT molecular complexity index is 679. The van der Waals surface area contributed by atoms with Crippen LogP contribution in [-0.4, -0.2) is 38.3 Å². The fourth-order valence-corrected chi connectivity index (χ4v) is 2.15. The molecule has 0 unspecified atom stereocenters. The Morgan fingerprint density at radius 1 is 1.26 bits per heavy atom. The van der Waals surface area contributed by atoms with Crippen molar-refractivity contribution in [3.8, 4) is 5.75 Å². The topological polar surface area (TPSA) is 72.5 Å². The molecule has 1 heterocycles. The second-order valence-corrected chi connectivity index (χ2v) is 5.06. The van der Waals surface area contributed by atoms with E-state index in [0.717, 1.165) is 0 Å². The van der Waals surface area contributed by atoms with Crippen molar-refractivity contribution in [2.24, 2.45) is 0 Å². The first-order chi connectivity index (χ1) is 11.1. The van der Waals surface area contributed by atoms with Gasteiger partial charge in [0.15, 0.2) is 0 Å². The zero-order chi connectivity index (χ0) is 16.7. The number of pyridine rings is 1. The summed E-state index contributed by atoms with van der Waals surface area (Å²) in [5, 5.41) is 6.29. The van der Waals surface area contributed by atoms with Crippen LogP contribution in [0.1, 0.15) is 10.4 Å². The monoisotopic (exact) mass is 335 g/mol. The van der Waals surface area contributed by atoms with Gasteiger partial charge in [-0.1, -0.05) is 11.6 Å². The van der Waals surface area contributed by atoms with E-state index in [0.29, 0.717) is 41.0 Å². The van der Waals surface area contributed by atoms with Crippen LogP contribution in [0.25, 0.3) is 0 Å². The minimum atomic E-state index is -0.247. The van der Waals surface area contributed by atoms with E-state index in [-0.39, 0.29) is 5.91 Å². The highest BCUT2D eigenvalue weighted by molar-refractivity contribution is 6.32. The SMILES string of the molecule is COCCNc1cc(C(=O)Nc2ccc(OC)c(Cl)c2)ccn1. The number of anilines is 2. The maximum atomic E-state index is 12.3. The van der Waals surface area contributed by atoms with Crippen molar-refractivity contribution in [1.29, 1.82) is 0 Å². The second-order valence-electron chi connectivity index (χ2n) is 4.65. The third-order valence-corrected chi connectivity index (χ3v) is 3.34. The number of aromatic nitrogens is 1. The summed E-state index contributed by atoms with van der Waals surface area (Å²) in [5.41, 5.74) is 1.08. The van der Waals surface area contributed by atoms with Crippen LogP contribution in [0.15, 0.2) is 36.5 Å². The average Bonchev–Trinajstić information content (AvgIpc) is 2.55. The van der Waals surface area contributed by atoms with Crippen LogP contribution in [0.2, 0.25) is 5.02 Å². The van der Waals surface area contributed by atoms with Crippen LogP contribution >= 0.6 is 11.6 Å². The molecule has 0 saturated heterocycles. The van der Waals surface area contributed by atoms with Gasteiger partial charge in [-0.2, -0.15) is 0 Å². The fraction of sp³-hybridized carbons (Fsp3) is 0.250. The molecule has 23 heavy (non-hydrogen) atoms. The molecule has 0 saturated carbocycles. The van der Waals surface area contributed by atoms with E-state index in [1.54, 1.807) is 43.6 Å². The molecule has 0 aliphatic carbocycles. The lowest BCUT2D eigenvalue weighted by Gasteiger charge is -2.09. The molecule has 0 bridgehead atoms. The van der Waals surface area contributed by atoms with Gasteiger partial charge in [-0.05, 0) is 30.3 Å². The summed E-state index contributed by atoms with van der Waals surface area (Å²) in [7, 11) is 3.16. The van der Waals surface area contributed by atoms with E-state index >= 15 is 0 Å². The summed E-state index contributed by atoms with van der Waals surface area (Å²) in [5.74, 6) is 0.920. The molecule has 6 nitrogen and oxygen atoms in total. The van der Waals surface area contributed by atoms with Gasteiger partial charge in [0.2, 0.25) is 0 Å². The number of carbonyl (C=O) groups is 1. The molecule has 1 aromatic heterocycles. The van der Waals surface area contributed by atoms with E-state index < -0.39 is 0 Å². The van der Waals surface area contributed by atoms with Crippen molar-refractivity contribution < 1.29 is 14.3 Å². The zero-order valence-corrected chi connectivity index (χ0v) is 13.7. The molecule has 2 N–H and O–H groups in total. The van der Waals surface area contributed by atoms with Gasteiger partial charge in [0.25, 0.3) is 5.91 Å². The van der Waals surface area contributed by atoms with Crippen molar-refractivity contribution >= 4 is 29.0 Å². The maximum Gasteiger partial charge on any atom is 0.255 e. The third kappa shape index (κ3) is 4.84. The molecule has 7 heteroatoms. The van der Waals surface area contributed by atoms with Gasteiger partial charge in [-0.25, -0.2) is 4.98 Å². The van der Waals surface area contributed by atoms with Gasteiger partial charge < -0.3 is 20.1 Å². The Hall–Kier alpha value is -2.31. The van der Waals surface area contributed by atoms with Gasteiger partial charge in [-0.3, -0.25) is 4.79 Å². The van der Waals surface area contributed by atoms with E-state index in [2.05, 4.69) is 15.6 Å². The minimum absolute atomic E-state index is 0.247. The number of amides is 1. The van der Waals surface area contributed by atoms with Crippen molar-refractivity contribution in [3.05, 3.63) is 47.1 Å². The summed E-state index contributed by atoms with van der Waals surface area (Å²) >= 11 is 6.05. The summed E-state index contributed by atoms with van der Waals surface area (Å²) < 4.78 is 10.0. The lowest BCUT2D eigenvalue weighted by Crippen LogP contribution is -2.14. The minimum Gasteiger partial charge on any atom is -0.495 e. The highest BCUT2D eigenvalue weighted by atomic mass is 35.5. The van der Waals surface area contributed by atoms with Gasteiger partial charge in [0.05, 0.1) is 18.7 Å². The molecule has 0 spiro atoms.